The molecule has 0 radical (unpaired) electrons. The lowest BCUT2D eigenvalue weighted by Gasteiger charge is -2.25. The summed E-state index contributed by atoms with van der Waals surface area (Å²) in [6, 6.07) is 4.61. The van der Waals surface area contributed by atoms with Crippen molar-refractivity contribution in [2.75, 3.05) is 13.7 Å². The molecular formula is C18H28N2O4S. The number of hydrogen-bond donors (Lipinski definition) is 1. The zero-order chi connectivity index (χ0) is 18.8. The van der Waals surface area contributed by atoms with Crippen LogP contribution in [-0.4, -0.2) is 45.0 Å². The van der Waals surface area contributed by atoms with E-state index in [4.69, 9.17) is 4.74 Å². The fraction of sp³-hybridized carbons (Fsp3) is 0.611. The van der Waals surface area contributed by atoms with Crippen molar-refractivity contribution in [3.05, 3.63) is 23.8 Å². The predicted molar refractivity (Wildman–Crippen MR) is 97.3 cm³/mol. The molecular weight excluding hydrogens is 340 g/mol. The third-order valence-corrected chi connectivity index (χ3v) is 5.58. The van der Waals surface area contributed by atoms with Gasteiger partial charge in [-0.15, -0.1) is 0 Å². The Kier molecular flexibility index (Phi) is 6.11. The summed E-state index contributed by atoms with van der Waals surface area (Å²) in [6.07, 6.45) is 2.02. The largest absolute Gasteiger partial charge is 0.495 e. The standard InChI is InChI=1S/C18H28N2O4S/c1-12(2)11-20(15-7-8-15)18(21)14-6-9-16(24-5)17(10-14)25(22,23)19-13(3)4/h6,9-10,12-13,15,19H,7-8,11H2,1-5H3. The highest BCUT2D eigenvalue weighted by molar-refractivity contribution is 7.89. The van der Waals surface area contributed by atoms with E-state index in [9.17, 15) is 13.2 Å². The Morgan fingerprint density at radius 2 is 1.92 bits per heavy atom. The van der Waals surface area contributed by atoms with Crippen LogP contribution in [0.3, 0.4) is 0 Å². The highest BCUT2D eigenvalue weighted by atomic mass is 32.2. The number of carbonyl (C=O) groups is 1. The van der Waals surface area contributed by atoms with Crippen LogP contribution in [0, 0.1) is 5.92 Å². The zero-order valence-corrected chi connectivity index (χ0v) is 16.4. The molecule has 1 aromatic rings. The lowest BCUT2D eigenvalue weighted by molar-refractivity contribution is 0.0722. The highest BCUT2D eigenvalue weighted by Gasteiger charge is 2.34. The van der Waals surface area contributed by atoms with Crippen molar-refractivity contribution in [2.24, 2.45) is 5.92 Å². The maximum atomic E-state index is 12.9. The summed E-state index contributed by atoms with van der Waals surface area (Å²) in [5.41, 5.74) is 0.373. The second kappa shape index (κ2) is 7.74. The number of ether oxygens (including phenoxy) is 1. The number of benzene rings is 1. The van der Waals surface area contributed by atoms with Gasteiger partial charge < -0.3 is 9.64 Å². The van der Waals surface area contributed by atoms with Gasteiger partial charge in [-0.25, -0.2) is 13.1 Å². The molecule has 0 atom stereocenters. The summed E-state index contributed by atoms with van der Waals surface area (Å²) >= 11 is 0. The maximum Gasteiger partial charge on any atom is 0.254 e. The Balaban J connectivity index is 2.39. The molecule has 1 aliphatic rings. The summed E-state index contributed by atoms with van der Waals surface area (Å²) in [5.74, 6) is 0.458. The second-order valence-corrected chi connectivity index (χ2v) is 8.91. The van der Waals surface area contributed by atoms with Crippen LogP contribution in [-0.2, 0) is 10.0 Å². The highest BCUT2D eigenvalue weighted by Crippen LogP contribution is 2.31. The van der Waals surface area contributed by atoms with Crippen molar-refractivity contribution in [1.29, 1.82) is 0 Å². The molecule has 1 aliphatic carbocycles. The van der Waals surface area contributed by atoms with Gasteiger partial charge in [-0.1, -0.05) is 13.8 Å². The molecule has 25 heavy (non-hydrogen) atoms. The van der Waals surface area contributed by atoms with Crippen molar-refractivity contribution in [2.45, 2.75) is 57.5 Å². The lowest BCUT2D eigenvalue weighted by atomic mass is 10.1. The SMILES string of the molecule is COc1ccc(C(=O)N(CC(C)C)C2CC2)cc1S(=O)(=O)NC(C)C. The smallest absolute Gasteiger partial charge is 0.254 e. The number of carbonyl (C=O) groups excluding carboxylic acids is 1. The molecule has 140 valence electrons. The van der Waals surface area contributed by atoms with Crippen LogP contribution in [0.5, 0.6) is 5.75 Å². The number of methoxy groups -OCH3 is 1. The molecule has 1 fully saturated rings. The van der Waals surface area contributed by atoms with Crippen LogP contribution in [0.4, 0.5) is 0 Å². The summed E-state index contributed by atoms with van der Waals surface area (Å²) in [7, 11) is -2.34. The van der Waals surface area contributed by atoms with Crippen molar-refractivity contribution in [3.8, 4) is 5.75 Å². The van der Waals surface area contributed by atoms with E-state index in [-0.39, 0.29) is 28.6 Å². The molecule has 0 spiro atoms. The maximum absolute atomic E-state index is 12.9. The first-order valence-electron chi connectivity index (χ1n) is 8.67. The Labute approximate surface area is 150 Å². The summed E-state index contributed by atoms with van der Waals surface area (Å²) in [5, 5.41) is 0. The minimum atomic E-state index is -3.76. The zero-order valence-electron chi connectivity index (χ0n) is 15.6. The van der Waals surface area contributed by atoms with Crippen LogP contribution in [0.2, 0.25) is 0 Å². The topological polar surface area (TPSA) is 75.7 Å². The molecule has 0 aliphatic heterocycles. The van der Waals surface area contributed by atoms with Gasteiger partial charge in [0.1, 0.15) is 10.6 Å². The third kappa shape index (κ3) is 4.95. The van der Waals surface area contributed by atoms with E-state index >= 15 is 0 Å². The van der Waals surface area contributed by atoms with E-state index in [1.165, 1.54) is 13.2 Å². The summed E-state index contributed by atoms with van der Waals surface area (Å²) < 4.78 is 32.9. The van der Waals surface area contributed by atoms with Gasteiger partial charge in [0, 0.05) is 24.2 Å². The molecule has 0 unspecified atom stereocenters. The predicted octanol–water partition coefficient (Wildman–Crippen LogP) is 2.64. The molecule has 1 N–H and O–H groups in total. The van der Waals surface area contributed by atoms with Crippen molar-refractivity contribution in [1.82, 2.24) is 9.62 Å². The van der Waals surface area contributed by atoms with Gasteiger partial charge >= 0.3 is 0 Å². The van der Waals surface area contributed by atoms with Gasteiger partial charge in [-0.2, -0.15) is 0 Å². The van der Waals surface area contributed by atoms with E-state index in [0.717, 1.165) is 12.8 Å². The van der Waals surface area contributed by atoms with E-state index in [2.05, 4.69) is 18.6 Å². The average molecular weight is 368 g/mol. The minimum Gasteiger partial charge on any atom is -0.495 e. The molecule has 0 heterocycles. The van der Waals surface area contributed by atoms with Crippen LogP contribution < -0.4 is 9.46 Å². The van der Waals surface area contributed by atoms with Crippen molar-refractivity contribution >= 4 is 15.9 Å². The van der Waals surface area contributed by atoms with E-state index in [1.54, 1.807) is 26.0 Å². The lowest BCUT2D eigenvalue weighted by Crippen LogP contribution is -2.36. The molecule has 1 saturated carbocycles. The number of rotatable bonds is 8. The Morgan fingerprint density at radius 1 is 1.28 bits per heavy atom. The number of hydrogen-bond acceptors (Lipinski definition) is 4. The number of amides is 1. The summed E-state index contributed by atoms with van der Waals surface area (Å²) in [4.78, 5) is 14.8. The molecule has 0 saturated heterocycles. The van der Waals surface area contributed by atoms with Gasteiger partial charge in [-0.3, -0.25) is 4.79 Å². The minimum absolute atomic E-state index is 0.00477. The fourth-order valence-corrected chi connectivity index (χ4v) is 4.18. The Morgan fingerprint density at radius 3 is 2.40 bits per heavy atom. The Bertz CT molecular complexity index is 725. The fourth-order valence-electron chi connectivity index (χ4n) is 2.74. The molecule has 0 bridgehead atoms. The van der Waals surface area contributed by atoms with E-state index in [1.807, 2.05) is 4.90 Å². The number of sulfonamides is 1. The van der Waals surface area contributed by atoms with Gasteiger partial charge in [0.2, 0.25) is 10.0 Å². The molecule has 0 aromatic heterocycles. The quantitative estimate of drug-likeness (QED) is 0.765. The van der Waals surface area contributed by atoms with Gasteiger partial charge in [0.05, 0.1) is 7.11 Å². The first kappa shape index (κ1) is 19.7. The molecule has 1 aromatic carbocycles. The first-order chi connectivity index (χ1) is 11.7. The average Bonchev–Trinajstić information content (AvgIpc) is 3.34. The van der Waals surface area contributed by atoms with Crippen LogP contribution in [0.1, 0.15) is 50.9 Å². The molecule has 1 amide bonds. The number of nitrogens with one attached hydrogen (secondary N) is 1. The first-order valence-corrected chi connectivity index (χ1v) is 10.2. The molecule has 2 rings (SSSR count). The van der Waals surface area contributed by atoms with E-state index < -0.39 is 10.0 Å². The van der Waals surface area contributed by atoms with Gasteiger partial charge in [0.15, 0.2) is 0 Å². The molecule has 6 nitrogen and oxygen atoms in total. The van der Waals surface area contributed by atoms with Gasteiger partial charge in [0.25, 0.3) is 5.91 Å². The van der Waals surface area contributed by atoms with Crippen molar-refractivity contribution in [3.63, 3.8) is 0 Å². The van der Waals surface area contributed by atoms with Crippen LogP contribution >= 0.6 is 0 Å². The second-order valence-electron chi connectivity index (χ2n) is 7.22. The van der Waals surface area contributed by atoms with Crippen molar-refractivity contribution < 1.29 is 17.9 Å². The van der Waals surface area contributed by atoms with E-state index in [0.29, 0.717) is 18.0 Å². The Hall–Kier alpha value is -1.60. The van der Waals surface area contributed by atoms with Crippen LogP contribution in [0.25, 0.3) is 0 Å². The monoisotopic (exact) mass is 368 g/mol. The normalized spacial score (nSPS) is 14.8. The summed E-state index contributed by atoms with van der Waals surface area (Å²) in [6.45, 7) is 8.30. The van der Waals surface area contributed by atoms with Gasteiger partial charge in [-0.05, 0) is 50.8 Å². The third-order valence-electron chi connectivity index (χ3n) is 3.90. The molecule has 7 heteroatoms. The number of nitrogens with zero attached hydrogens (tertiary/aromatic N) is 1. The van der Waals surface area contributed by atoms with Crippen LogP contribution in [0.15, 0.2) is 23.1 Å².